The van der Waals surface area contributed by atoms with Crippen molar-refractivity contribution in [3.05, 3.63) is 0 Å². The minimum atomic E-state index is 0.129. The quantitative estimate of drug-likeness (QED) is 0.187. The highest BCUT2D eigenvalue weighted by Crippen LogP contribution is 2.45. The van der Waals surface area contributed by atoms with E-state index in [0.717, 1.165) is 38.6 Å². The van der Waals surface area contributed by atoms with Gasteiger partial charge in [0.2, 0.25) is 0 Å². The standard InChI is InChI=1S/C26H50N2O2S2/c1-6-8-10-12-14-16-29-23(31)27-21-26(5)19-22(18-25(3,4)20-26)28-24(32)30-17-15-13-11-9-7-2/h22H,6-21H2,1-5H3,(H,27,31)(H,28,32). The van der Waals surface area contributed by atoms with E-state index in [9.17, 15) is 0 Å². The molecule has 2 atom stereocenters. The molecule has 0 radical (unpaired) electrons. The molecular formula is C26H50N2O2S2. The van der Waals surface area contributed by atoms with E-state index < -0.39 is 0 Å². The van der Waals surface area contributed by atoms with E-state index in [4.69, 9.17) is 33.9 Å². The zero-order chi connectivity index (χ0) is 23.9. The molecule has 1 aliphatic carbocycles. The molecule has 0 aromatic rings. The summed E-state index contributed by atoms with van der Waals surface area (Å²) in [5.74, 6) is 0. The van der Waals surface area contributed by atoms with Crippen molar-refractivity contribution in [3.8, 4) is 0 Å². The van der Waals surface area contributed by atoms with Crippen LogP contribution in [0.1, 0.15) is 118 Å². The van der Waals surface area contributed by atoms with Crippen LogP contribution in [0.2, 0.25) is 0 Å². The van der Waals surface area contributed by atoms with Crippen molar-refractivity contribution in [1.82, 2.24) is 10.6 Å². The van der Waals surface area contributed by atoms with E-state index in [1.165, 1.54) is 51.4 Å². The molecule has 2 unspecified atom stereocenters. The SMILES string of the molecule is CCCCCCCOC(=S)NCC1(C)CC(NC(=S)OCCCCCCC)CC(C)(C)C1. The van der Waals surface area contributed by atoms with Gasteiger partial charge < -0.3 is 20.1 Å². The van der Waals surface area contributed by atoms with Gasteiger partial charge in [-0.1, -0.05) is 86.0 Å². The molecule has 0 bridgehead atoms. The summed E-state index contributed by atoms with van der Waals surface area (Å²) in [7, 11) is 0. The van der Waals surface area contributed by atoms with Crippen LogP contribution in [-0.4, -0.2) is 36.1 Å². The van der Waals surface area contributed by atoms with Crippen LogP contribution in [0, 0.1) is 10.8 Å². The molecular weight excluding hydrogens is 436 g/mol. The second-order valence-corrected chi connectivity index (χ2v) is 11.6. The molecule has 1 rings (SSSR count). The first kappa shape index (κ1) is 29.4. The third-order valence-corrected chi connectivity index (χ3v) is 6.88. The van der Waals surface area contributed by atoms with Crippen LogP contribution in [0.15, 0.2) is 0 Å². The topological polar surface area (TPSA) is 42.5 Å². The lowest BCUT2D eigenvalue weighted by molar-refractivity contribution is 0.0765. The summed E-state index contributed by atoms with van der Waals surface area (Å²) in [6.45, 7) is 13.8. The number of hydrogen-bond donors (Lipinski definition) is 2. The van der Waals surface area contributed by atoms with Crippen LogP contribution in [0.5, 0.6) is 0 Å². The fourth-order valence-electron chi connectivity index (χ4n) is 5.16. The van der Waals surface area contributed by atoms with Crippen molar-refractivity contribution in [2.75, 3.05) is 19.8 Å². The third-order valence-electron chi connectivity index (χ3n) is 6.39. The van der Waals surface area contributed by atoms with Crippen LogP contribution in [-0.2, 0) is 9.47 Å². The smallest absolute Gasteiger partial charge is 0.256 e. The maximum absolute atomic E-state index is 5.80. The average Bonchev–Trinajstić information content (AvgIpc) is 2.70. The van der Waals surface area contributed by atoms with Gasteiger partial charge in [0.25, 0.3) is 10.3 Å². The Labute approximate surface area is 209 Å². The highest BCUT2D eigenvalue weighted by atomic mass is 32.1. The summed E-state index contributed by atoms with van der Waals surface area (Å²) < 4.78 is 11.5. The van der Waals surface area contributed by atoms with Gasteiger partial charge in [-0.15, -0.1) is 0 Å². The largest absolute Gasteiger partial charge is 0.471 e. The van der Waals surface area contributed by atoms with Crippen LogP contribution in [0.3, 0.4) is 0 Å². The number of ether oxygens (including phenoxy) is 2. The third kappa shape index (κ3) is 13.8. The fourth-order valence-corrected chi connectivity index (χ4v) is 5.56. The Bertz CT molecular complexity index is 542. The molecule has 1 saturated carbocycles. The van der Waals surface area contributed by atoms with Gasteiger partial charge in [-0.25, -0.2) is 0 Å². The number of unbranched alkanes of at least 4 members (excludes halogenated alkanes) is 8. The normalized spacial score (nSPS) is 22.2. The summed E-state index contributed by atoms with van der Waals surface area (Å²) in [5.41, 5.74) is 0.369. The number of hydrogen-bond acceptors (Lipinski definition) is 4. The van der Waals surface area contributed by atoms with Crippen molar-refractivity contribution < 1.29 is 9.47 Å². The van der Waals surface area contributed by atoms with E-state index in [2.05, 4.69) is 45.3 Å². The summed E-state index contributed by atoms with van der Waals surface area (Å²) in [6.07, 6.45) is 15.6. The van der Waals surface area contributed by atoms with Gasteiger partial charge in [-0.2, -0.15) is 0 Å². The molecule has 0 aromatic carbocycles. The molecule has 0 spiro atoms. The Morgan fingerprint density at radius 2 is 1.31 bits per heavy atom. The maximum Gasteiger partial charge on any atom is 0.256 e. The molecule has 0 saturated heterocycles. The Balaban J connectivity index is 2.37. The molecule has 0 amide bonds. The number of thiocarbonyl (C=S) groups is 2. The molecule has 32 heavy (non-hydrogen) atoms. The van der Waals surface area contributed by atoms with E-state index in [1.807, 2.05) is 0 Å². The van der Waals surface area contributed by atoms with Gasteiger partial charge in [-0.3, -0.25) is 0 Å². The Hall–Kier alpha value is -0.620. The minimum Gasteiger partial charge on any atom is -0.471 e. The van der Waals surface area contributed by atoms with Gasteiger partial charge >= 0.3 is 0 Å². The molecule has 1 fully saturated rings. The molecule has 2 N–H and O–H groups in total. The zero-order valence-corrected chi connectivity index (χ0v) is 23.2. The first-order valence-corrected chi connectivity index (χ1v) is 13.9. The van der Waals surface area contributed by atoms with Crippen molar-refractivity contribution in [1.29, 1.82) is 0 Å². The fraction of sp³-hybridized carbons (Fsp3) is 0.923. The lowest BCUT2D eigenvalue weighted by Crippen LogP contribution is -2.50. The lowest BCUT2D eigenvalue weighted by Gasteiger charge is -2.47. The van der Waals surface area contributed by atoms with Gasteiger partial charge in [0, 0.05) is 12.6 Å². The second kappa shape index (κ2) is 16.1. The molecule has 6 heteroatoms. The summed E-state index contributed by atoms with van der Waals surface area (Å²) in [4.78, 5) is 0. The first-order valence-electron chi connectivity index (χ1n) is 13.0. The second-order valence-electron chi connectivity index (χ2n) is 10.9. The van der Waals surface area contributed by atoms with Crippen LogP contribution in [0.25, 0.3) is 0 Å². The van der Waals surface area contributed by atoms with Crippen molar-refractivity contribution >= 4 is 34.8 Å². The van der Waals surface area contributed by atoms with E-state index in [0.29, 0.717) is 29.6 Å². The van der Waals surface area contributed by atoms with E-state index in [-0.39, 0.29) is 10.8 Å². The van der Waals surface area contributed by atoms with Crippen molar-refractivity contribution in [2.24, 2.45) is 10.8 Å². The highest BCUT2D eigenvalue weighted by Gasteiger charge is 2.41. The van der Waals surface area contributed by atoms with Crippen molar-refractivity contribution in [2.45, 2.75) is 124 Å². The average molecular weight is 487 g/mol. The molecule has 0 aliphatic heterocycles. The van der Waals surface area contributed by atoms with Crippen LogP contribution >= 0.6 is 24.4 Å². The summed E-state index contributed by atoms with van der Waals surface area (Å²) >= 11 is 10.9. The molecule has 0 aromatic heterocycles. The molecule has 188 valence electrons. The highest BCUT2D eigenvalue weighted by molar-refractivity contribution is 7.80. The zero-order valence-electron chi connectivity index (χ0n) is 21.5. The van der Waals surface area contributed by atoms with E-state index in [1.54, 1.807) is 0 Å². The Morgan fingerprint density at radius 3 is 1.88 bits per heavy atom. The lowest BCUT2D eigenvalue weighted by atomic mass is 9.62. The molecule has 4 nitrogen and oxygen atoms in total. The van der Waals surface area contributed by atoms with Crippen LogP contribution in [0.4, 0.5) is 0 Å². The van der Waals surface area contributed by atoms with Gasteiger partial charge in [0.1, 0.15) is 0 Å². The predicted molar refractivity (Wildman–Crippen MR) is 145 cm³/mol. The minimum absolute atomic E-state index is 0.129. The van der Waals surface area contributed by atoms with Gasteiger partial charge in [0.05, 0.1) is 13.2 Å². The maximum atomic E-state index is 5.80. The molecule has 1 aliphatic rings. The monoisotopic (exact) mass is 486 g/mol. The number of rotatable bonds is 15. The summed E-state index contributed by atoms with van der Waals surface area (Å²) in [6, 6.07) is 0.325. The van der Waals surface area contributed by atoms with Crippen molar-refractivity contribution in [3.63, 3.8) is 0 Å². The predicted octanol–water partition coefficient (Wildman–Crippen LogP) is 7.29. The summed E-state index contributed by atoms with van der Waals surface area (Å²) in [5, 5.41) is 7.97. The van der Waals surface area contributed by atoms with Gasteiger partial charge in [-0.05, 0) is 67.4 Å². The first-order chi connectivity index (χ1) is 15.2. The molecule has 0 heterocycles. The Kier molecular flexibility index (Phi) is 14.8. The van der Waals surface area contributed by atoms with Gasteiger partial charge in [0.15, 0.2) is 0 Å². The van der Waals surface area contributed by atoms with E-state index >= 15 is 0 Å². The Morgan fingerprint density at radius 1 is 0.781 bits per heavy atom. The van der Waals surface area contributed by atoms with Crippen LogP contribution < -0.4 is 10.6 Å². The number of nitrogens with one attached hydrogen (secondary N) is 2.